The highest BCUT2D eigenvalue weighted by Crippen LogP contribution is 2.66. The van der Waals surface area contributed by atoms with E-state index in [1.54, 1.807) is 0 Å². The van der Waals surface area contributed by atoms with Crippen LogP contribution in [-0.2, 0) is 9.63 Å². The molecule has 0 amide bonds. The molecule has 0 saturated heterocycles. The molecule has 6 atom stereocenters. The summed E-state index contributed by atoms with van der Waals surface area (Å²) in [7, 11) is 3.75. The maximum Gasteiger partial charge on any atom is 0.351 e. The normalized spacial score (nSPS) is 36.8. The maximum absolute atomic E-state index is 12.2. The van der Waals surface area contributed by atoms with Crippen molar-refractivity contribution in [3.05, 3.63) is 47.8 Å². The third-order valence-electron chi connectivity index (χ3n) is 9.90. The molecule has 4 aliphatic rings. The monoisotopic (exact) mass is 461 g/mol. The van der Waals surface area contributed by atoms with Gasteiger partial charge in [0.15, 0.2) is 0 Å². The van der Waals surface area contributed by atoms with Crippen LogP contribution < -0.4 is 0 Å². The zero-order valence-electron chi connectivity index (χ0n) is 21.4. The Morgan fingerprint density at radius 1 is 1.18 bits per heavy atom. The van der Waals surface area contributed by atoms with E-state index in [9.17, 15) is 4.79 Å². The van der Waals surface area contributed by atoms with Gasteiger partial charge in [0.1, 0.15) is 6.04 Å². The summed E-state index contributed by atoms with van der Waals surface area (Å²) in [6.45, 7) is 6.86. The smallest absolute Gasteiger partial charge is 0.316 e. The van der Waals surface area contributed by atoms with Crippen molar-refractivity contribution >= 4 is 17.3 Å². The third kappa shape index (κ3) is 3.77. The minimum absolute atomic E-state index is 0.237. The minimum Gasteiger partial charge on any atom is -0.316 e. The number of hydrogen-bond acceptors (Lipinski definition) is 5. The lowest BCUT2D eigenvalue weighted by molar-refractivity contribution is -0.148. The van der Waals surface area contributed by atoms with Gasteiger partial charge in [-0.05, 0) is 118 Å². The molecule has 0 spiro atoms. The van der Waals surface area contributed by atoms with Crippen LogP contribution in [-0.4, -0.2) is 41.7 Å². The predicted octanol–water partition coefficient (Wildman–Crippen LogP) is 5.89. The predicted molar refractivity (Wildman–Crippen MR) is 136 cm³/mol. The molecule has 0 bridgehead atoms. The highest BCUT2D eigenvalue weighted by atomic mass is 16.7. The largest absolute Gasteiger partial charge is 0.351 e. The Morgan fingerprint density at radius 3 is 2.74 bits per heavy atom. The molecule has 1 aromatic heterocycles. The molecule has 4 aliphatic carbocycles. The van der Waals surface area contributed by atoms with E-state index in [4.69, 9.17) is 4.84 Å². The zero-order chi connectivity index (χ0) is 24.1. The van der Waals surface area contributed by atoms with Gasteiger partial charge in [-0.1, -0.05) is 36.7 Å². The molecule has 0 N–H and O–H groups in total. The molecule has 1 unspecified atom stereocenters. The molecule has 0 aromatic carbocycles. The van der Waals surface area contributed by atoms with Gasteiger partial charge in [0.25, 0.3) is 0 Å². The first-order chi connectivity index (χ1) is 16.2. The molecular formula is C29H39N3O2. The number of carbonyl (C=O) groups is 1. The maximum atomic E-state index is 12.2. The van der Waals surface area contributed by atoms with Crippen LogP contribution >= 0.6 is 0 Å². The zero-order valence-corrected chi connectivity index (χ0v) is 21.4. The van der Waals surface area contributed by atoms with Crippen LogP contribution in [0.3, 0.4) is 0 Å². The topological polar surface area (TPSA) is 54.8 Å². The van der Waals surface area contributed by atoms with Gasteiger partial charge in [-0.15, -0.1) is 0 Å². The van der Waals surface area contributed by atoms with Crippen LogP contribution in [0.15, 0.2) is 47.4 Å². The summed E-state index contributed by atoms with van der Waals surface area (Å²) < 4.78 is 0. The lowest BCUT2D eigenvalue weighted by Gasteiger charge is -2.58. The first-order valence-electron chi connectivity index (χ1n) is 13.0. The van der Waals surface area contributed by atoms with Crippen LogP contribution in [0.2, 0.25) is 0 Å². The van der Waals surface area contributed by atoms with E-state index in [0.717, 1.165) is 42.7 Å². The molecular weight excluding hydrogens is 422 g/mol. The van der Waals surface area contributed by atoms with Crippen LogP contribution in [0.4, 0.5) is 0 Å². The summed E-state index contributed by atoms with van der Waals surface area (Å²) in [5.41, 5.74) is 5.79. The Labute approximate surface area is 204 Å². The van der Waals surface area contributed by atoms with Gasteiger partial charge in [-0.2, -0.15) is 0 Å². The Hall–Kier alpha value is -2.27. The average molecular weight is 462 g/mol. The number of nitrogens with zero attached hydrogens (tertiary/aromatic N) is 3. The van der Waals surface area contributed by atoms with Crippen molar-refractivity contribution in [1.82, 2.24) is 9.88 Å². The van der Waals surface area contributed by atoms with E-state index >= 15 is 0 Å². The average Bonchev–Trinajstić information content (AvgIpc) is 3.19. The van der Waals surface area contributed by atoms with Crippen molar-refractivity contribution in [2.45, 2.75) is 71.8 Å². The Morgan fingerprint density at radius 2 is 2.00 bits per heavy atom. The van der Waals surface area contributed by atoms with Crippen molar-refractivity contribution in [3.63, 3.8) is 0 Å². The molecule has 5 nitrogen and oxygen atoms in total. The minimum atomic E-state index is -0.297. The summed E-state index contributed by atoms with van der Waals surface area (Å²) in [5, 5.41) is 4.27. The van der Waals surface area contributed by atoms with Crippen molar-refractivity contribution in [2.75, 3.05) is 14.1 Å². The van der Waals surface area contributed by atoms with Gasteiger partial charge in [0, 0.05) is 12.4 Å². The number of fused-ring (bicyclic) bond motifs is 5. The number of hydrogen-bond donors (Lipinski definition) is 0. The second kappa shape index (κ2) is 8.75. The van der Waals surface area contributed by atoms with Gasteiger partial charge in [0.2, 0.25) is 0 Å². The van der Waals surface area contributed by atoms with E-state index < -0.39 is 0 Å². The molecule has 0 aliphatic heterocycles. The highest BCUT2D eigenvalue weighted by molar-refractivity contribution is 5.96. The first-order valence-corrected chi connectivity index (χ1v) is 13.0. The van der Waals surface area contributed by atoms with Crippen LogP contribution in [0, 0.1) is 28.6 Å². The quantitative estimate of drug-likeness (QED) is 0.415. The number of rotatable bonds is 4. The van der Waals surface area contributed by atoms with E-state index in [0.29, 0.717) is 0 Å². The third-order valence-corrected chi connectivity index (χ3v) is 9.90. The molecule has 1 aromatic rings. The fraction of sp³-hybridized carbons (Fsp3) is 0.621. The molecule has 1 heterocycles. The Kier molecular flexibility index (Phi) is 6.04. The standard InChI is InChI=1S/C29H39N3O2/c1-19(32(4)5)27(33)34-31-22-12-14-28(2)21(17-22)8-9-23-25-11-10-24(20-7-6-16-30-18-20)29(25,3)15-13-26(23)28/h6-7,10,16-19,23,25-26H,8-9,11-15H2,1-5H3/t19?,23-,25+,26+,28+,29-/m1/s1. The van der Waals surface area contributed by atoms with Gasteiger partial charge in [0.05, 0.1) is 5.71 Å². The summed E-state index contributed by atoms with van der Waals surface area (Å²) in [4.78, 5) is 23.8. The fourth-order valence-corrected chi connectivity index (χ4v) is 7.57. The Bertz CT molecular complexity index is 1040. The molecule has 2 fully saturated rings. The lowest BCUT2D eigenvalue weighted by atomic mass is 9.46. The van der Waals surface area contributed by atoms with Gasteiger partial charge >= 0.3 is 5.97 Å². The molecule has 5 rings (SSSR count). The molecule has 2 saturated carbocycles. The van der Waals surface area contributed by atoms with Crippen molar-refractivity contribution < 1.29 is 9.63 Å². The molecule has 182 valence electrons. The lowest BCUT2D eigenvalue weighted by Crippen LogP contribution is -2.49. The fourth-order valence-electron chi connectivity index (χ4n) is 7.57. The van der Waals surface area contributed by atoms with Crippen molar-refractivity contribution in [1.29, 1.82) is 0 Å². The highest BCUT2D eigenvalue weighted by Gasteiger charge is 2.57. The van der Waals surface area contributed by atoms with E-state index in [-0.39, 0.29) is 22.8 Å². The van der Waals surface area contributed by atoms with Crippen LogP contribution in [0.5, 0.6) is 0 Å². The van der Waals surface area contributed by atoms with Crippen LogP contribution in [0.25, 0.3) is 5.57 Å². The Balaban J connectivity index is 1.33. The van der Waals surface area contributed by atoms with Gasteiger partial charge in [-0.25, -0.2) is 4.79 Å². The summed E-state index contributed by atoms with van der Waals surface area (Å²) in [6.07, 6.45) is 16.8. The van der Waals surface area contributed by atoms with Crippen molar-refractivity contribution in [2.24, 2.45) is 33.7 Å². The van der Waals surface area contributed by atoms with E-state index in [1.165, 1.54) is 42.4 Å². The summed E-state index contributed by atoms with van der Waals surface area (Å²) >= 11 is 0. The molecule has 34 heavy (non-hydrogen) atoms. The number of aromatic nitrogens is 1. The van der Waals surface area contributed by atoms with E-state index in [2.05, 4.69) is 48.3 Å². The number of likely N-dealkylation sites (N-methyl/N-ethyl adjacent to an activating group) is 1. The second-order valence-electron chi connectivity index (χ2n) is 11.7. The van der Waals surface area contributed by atoms with Gasteiger partial charge in [-0.3, -0.25) is 9.88 Å². The van der Waals surface area contributed by atoms with Gasteiger partial charge < -0.3 is 4.84 Å². The number of allylic oxidation sites excluding steroid dienone is 4. The van der Waals surface area contributed by atoms with E-state index in [1.807, 2.05) is 38.3 Å². The molecule has 5 heteroatoms. The summed E-state index contributed by atoms with van der Waals surface area (Å²) in [6, 6.07) is 4.00. The number of carbonyl (C=O) groups excluding carboxylic acids is 1. The summed E-state index contributed by atoms with van der Waals surface area (Å²) in [5.74, 6) is 1.93. The SMILES string of the molecule is CC(C(=O)ON=C1C=C2CC[C@H]3[C@H](CC[C@]4(C)C(c5cccnc5)=CC[C@@H]34)[C@@]2(C)CC1)N(C)C. The first kappa shape index (κ1) is 23.5. The number of oxime groups is 1. The number of pyridine rings is 1. The molecule has 0 radical (unpaired) electrons. The van der Waals surface area contributed by atoms with Crippen molar-refractivity contribution in [3.8, 4) is 0 Å². The second-order valence-corrected chi connectivity index (χ2v) is 11.7. The van der Waals surface area contributed by atoms with Crippen LogP contribution in [0.1, 0.15) is 71.3 Å².